The van der Waals surface area contributed by atoms with Gasteiger partial charge in [0, 0.05) is 31.6 Å². The van der Waals surface area contributed by atoms with E-state index in [-0.39, 0.29) is 6.61 Å². The molecule has 0 atom stereocenters. The summed E-state index contributed by atoms with van der Waals surface area (Å²) in [4.78, 5) is 0. The van der Waals surface area contributed by atoms with Crippen LogP contribution in [0.5, 0.6) is 0 Å². The molecule has 104 valence electrons. The molecule has 4 nitrogen and oxygen atoms in total. The van der Waals surface area contributed by atoms with Gasteiger partial charge in [0.15, 0.2) is 0 Å². The minimum absolute atomic E-state index is 0.174. The second-order valence-corrected chi connectivity index (χ2v) is 4.84. The van der Waals surface area contributed by atoms with Gasteiger partial charge in [0.05, 0.1) is 0 Å². The molecule has 0 aliphatic heterocycles. The number of hydrogen-bond donors (Lipinski definition) is 2. The molecule has 0 aliphatic carbocycles. The molecule has 2 rings (SSSR count). The first-order valence-corrected chi connectivity index (χ1v) is 6.64. The summed E-state index contributed by atoms with van der Waals surface area (Å²) in [6.45, 7) is 2.88. The number of nitrogens with one attached hydrogen (secondary N) is 1. The normalized spacial score (nSPS) is 10.3. The number of rotatable bonds is 5. The molecule has 0 saturated heterocycles. The van der Waals surface area contributed by atoms with Crippen LogP contribution in [-0.2, 0) is 20.0 Å². The lowest BCUT2D eigenvalue weighted by Gasteiger charge is -2.07. The molecule has 20 heavy (non-hydrogen) atoms. The molecule has 0 fully saturated rings. The maximum atomic E-state index is 9.01. The average Bonchev–Trinajstić information content (AvgIpc) is 2.74. The van der Waals surface area contributed by atoms with E-state index in [2.05, 4.69) is 11.4 Å². The van der Waals surface area contributed by atoms with Gasteiger partial charge in [0.1, 0.15) is 11.8 Å². The minimum Gasteiger partial charge on any atom is -0.396 e. The summed E-state index contributed by atoms with van der Waals surface area (Å²) >= 11 is 0. The van der Waals surface area contributed by atoms with Crippen molar-refractivity contribution < 1.29 is 5.11 Å². The zero-order chi connectivity index (χ0) is 14.5. The molecule has 0 bridgehead atoms. The first-order chi connectivity index (χ1) is 9.65. The van der Waals surface area contributed by atoms with Crippen LogP contribution in [0, 0.1) is 18.3 Å². The number of nitriles is 1. The van der Waals surface area contributed by atoms with E-state index in [1.165, 1.54) is 0 Å². The van der Waals surface area contributed by atoms with Crippen LogP contribution in [0.25, 0.3) is 0 Å². The smallest absolute Gasteiger partial charge is 0.120 e. The lowest BCUT2D eigenvalue weighted by Crippen LogP contribution is -2.01. The SMILES string of the molecule is Cc1c(CNc2ccc(CCO)cc2)cc(C#N)n1C. The molecule has 2 aromatic rings. The Labute approximate surface area is 119 Å². The van der Waals surface area contributed by atoms with Gasteiger partial charge in [-0.2, -0.15) is 5.26 Å². The molecular formula is C16H19N3O. The summed E-state index contributed by atoms with van der Waals surface area (Å²) in [5.41, 5.74) is 5.07. The maximum absolute atomic E-state index is 9.01. The molecule has 0 spiro atoms. The first-order valence-electron chi connectivity index (χ1n) is 6.64. The molecule has 0 unspecified atom stereocenters. The quantitative estimate of drug-likeness (QED) is 0.876. The highest BCUT2D eigenvalue weighted by molar-refractivity contribution is 5.46. The van der Waals surface area contributed by atoms with E-state index in [0.29, 0.717) is 18.7 Å². The highest BCUT2D eigenvalue weighted by Gasteiger charge is 2.08. The van der Waals surface area contributed by atoms with Gasteiger partial charge in [-0.05, 0) is 42.7 Å². The fourth-order valence-corrected chi connectivity index (χ4v) is 2.16. The van der Waals surface area contributed by atoms with Gasteiger partial charge < -0.3 is 15.0 Å². The summed E-state index contributed by atoms with van der Waals surface area (Å²) < 4.78 is 1.90. The Morgan fingerprint density at radius 2 is 2.00 bits per heavy atom. The van der Waals surface area contributed by atoms with Crippen LogP contribution < -0.4 is 5.32 Å². The van der Waals surface area contributed by atoms with Crippen LogP contribution in [0.3, 0.4) is 0 Å². The Morgan fingerprint density at radius 1 is 1.30 bits per heavy atom. The minimum atomic E-state index is 0.174. The number of aromatic nitrogens is 1. The molecular weight excluding hydrogens is 250 g/mol. The summed E-state index contributed by atoms with van der Waals surface area (Å²) in [6, 6.07) is 12.1. The highest BCUT2D eigenvalue weighted by atomic mass is 16.2. The van der Waals surface area contributed by atoms with Gasteiger partial charge in [-0.15, -0.1) is 0 Å². The van der Waals surface area contributed by atoms with Crippen LogP contribution in [-0.4, -0.2) is 16.3 Å². The third kappa shape index (κ3) is 3.01. The zero-order valence-corrected chi connectivity index (χ0v) is 11.8. The average molecular weight is 269 g/mol. The van der Waals surface area contributed by atoms with Gasteiger partial charge in [0.25, 0.3) is 0 Å². The maximum Gasteiger partial charge on any atom is 0.120 e. The molecule has 0 radical (unpaired) electrons. The Balaban J connectivity index is 2.03. The standard InChI is InChI=1S/C16H19N3O/c1-12-14(9-16(10-17)19(12)2)11-18-15-5-3-13(4-6-15)7-8-20/h3-6,9,18,20H,7-8,11H2,1-2H3. The number of hydrogen-bond acceptors (Lipinski definition) is 3. The second kappa shape index (κ2) is 6.27. The zero-order valence-electron chi connectivity index (χ0n) is 11.8. The van der Waals surface area contributed by atoms with E-state index in [9.17, 15) is 0 Å². The van der Waals surface area contributed by atoms with E-state index in [4.69, 9.17) is 10.4 Å². The van der Waals surface area contributed by atoms with E-state index >= 15 is 0 Å². The van der Waals surface area contributed by atoms with Crippen LogP contribution >= 0.6 is 0 Å². The largest absolute Gasteiger partial charge is 0.396 e. The van der Waals surface area contributed by atoms with Crippen molar-refractivity contribution in [2.45, 2.75) is 19.9 Å². The van der Waals surface area contributed by atoms with Crippen molar-refractivity contribution in [3.8, 4) is 6.07 Å². The Hall–Kier alpha value is -2.25. The molecule has 1 heterocycles. The van der Waals surface area contributed by atoms with Crippen molar-refractivity contribution in [1.29, 1.82) is 5.26 Å². The van der Waals surface area contributed by atoms with Crippen LogP contribution in [0.4, 0.5) is 5.69 Å². The molecule has 2 N–H and O–H groups in total. The number of anilines is 1. The number of nitrogens with zero attached hydrogens (tertiary/aromatic N) is 2. The summed E-state index contributed by atoms with van der Waals surface area (Å²) in [6.07, 6.45) is 0.684. The molecule has 1 aromatic heterocycles. The summed E-state index contributed by atoms with van der Waals surface area (Å²) in [5, 5.41) is 21.2. The summed E-state index contributed by atoms with van der Waals surface area (Å²) in [7, 11) is 1.90. The molecule has 0 saturated carbocycles. The lowest BCUT2D eigenvalue weighted by atomic mass is 10.1. The fourth-order valence-electron chi connectivity index (χ4n) is 2.16. The number of aliphatic hydroxyl groups excluding tert-OH is 1. The van der Waals surface area contributed by atoms with E-state index in [0.717, 1.165) is 22.5 Å². The number of benzene rings is 1. The van der Waals surface area contributed by atoms with Crippen molar-refractivity contribution in [3.05, 3.63) is 52.8 Å². The highest BCUT2D eigenvalue weighted by Crippen LogP contribution is 2.16. The van der Waals surface area contributed by atoms with Gasteiger partial charge in [0.2, 0.25) is 0 Å². The van der Waals surface area contributed by atoms with Gasteiger partial charge >= 0.3 is 0 Å². The van der Waals surface area contributed by atoms with Crippen molar-refractivity contribution in [3.63, 3.8) is 0 Å². The van der Waals surface area contributed by atoms with E-state index in [1.54, 1.807) is 0 Å². The monoisotopic (exact) mass is 269 g/mol. The Morgan fingerprint density at radius 3 is 2.55 bits per heavy atom. The topological polar surface area (TPSA) is 61.0 Å². The van der Waals surface area contributed by atoms with Gasteiger partial charge in [-0.1, -0.05) is 12.1 Å². The summed E-state index contributed by atoms with van der Waals surface area (Å²) in [5.74, 6) is 0. The van der Waals surface area contributed by atoms with Crippen LogP contribution in [0.15, 0.2) is 30.3 Å². The number of aliphatic hydroxyl groups is 1. The van der Waals surface area contributed by atoms with Crippen molar-refractivity contribution in [2.24, 2.45) is 7.05 Å². The Kier molecular flexibility index (Phi) is 4.44. The van der Waals surface area contributed by atoms with E-state index < -0.39 is 0 Å². The molecule has 4 heteroatoms. The third-order valence-corrected chi connectivity index (χ3v) is 3.59. The van der Waals surface area contributed by atoms with Crippen molar-refractivity contribution in [2.75, 3.05) is 11.9 Å². The van der Waals surface area contributed by atoms with Crippen molar-refractivity contribution >= 4 is 5.69 Å². The van der Waals surface area contributed by atoms with Crippen LogP contribution in [0.1, 0.15) is 22.5 Å². The van der Waals surface area contributed by atoms with Gasteiger partial charge in [-0.25, -0.2) is 0 Å². The third-order valence-electron chi connectivity index (χ3n) is 3.59. The molecule has 1 aromatic carbocycles. The van der Waals surface area contributed by atoms with E-state index in [1.807, 2.05) is 48.9 Å². The predicted molar refractivity (Wildman–Crippen MR) is 79.4 cm³/mol. The van der Waals surface area contributed by atoms with Crippen molar-refractivity contribution in [1.82, 2.24) is 4.57 Å². The predicted octanol–water partition coefficient (Wildman–Crippen LogP) is 2.35. The lowest BCUT2D eigenvalue weighted by molar-refractivity contribution is 0.299. The first kappa shape index (κ1) is 14.2. The fraction of sp³-hybridized carbons (Fsp3) is 0.312. The molecule has 0 amide bonds. The van der Waals surface area contributed by atoms with Crippen LogP contribution in [0.2, 0.25) is 0 Å². The Bertz CT molecular complexity index is 620. The molecule has 0 aliphatic rings. The van der Waals surface area contributed by atoms with Gasteiger partial charge in [-0.3, -0.25) is 0 Å². The second-order valence-electron chi connectivity index (χ2n) is 4.84.